The summed E-state index contributed by atoms with van der Waals surface area (Å²) < 4.78 is 0. The Bertz CT molecular complexity index is 756. The Morgan fingerprint density at radius 3 is 2.70 bits per heavy atom. The molecular formula is C17H19N3O2S. The standard InChI is InChI=1S/C17H19N3O2S/c1-11-8-9-23-15(11)16-19(3)17(22)12-6-4-5-7-13(12)20(16)10-14(21)18-2/h4-9,16H,10H2,1-3H3,(H,18,21)/t16-/m1/s1. The summed E-state index contributed by atoms with van der Waals surface area (Å²) in [4.78, 5) is 29.6. The molecule has 5 nitrogen and oxygen atoms in total. The molecule has 0 unspecified atom stereocenters. The van der Waals surface area contributed by atoms with Crippen LogP contribution in [0.5, 0.6) is 0 Å². The molecule has 1 aliphatic heterocycles. The predicted octanol–water partition coefficient (Wildman–Crippen LogP) is 2.39. The van der Waals surface area contributed by atoms with Gasteiger partial charge in [-0.25, -0.2) is 0 Å². The van der Waals surface area contributed by atoms with Crippen LogP contribution in [-0.2, 0) is 4.79 Å². The van der Waals surface area contributed by atoms with Gasteiger partial charge in [0.2, 0.25) is 5.91 Å². The van der Waals surface area contributed by atoms with Gasteiger partial charge in [0.1, 0.15) is 6.17 Å². The first-order valence-electron chi connectivity index (χ1n) is 7.42. The molecular weight excluding hydrogens is 310 g/mol. The zero-order valence-corrected chi connectivity index (χ0v) is 14.2. The highest BCUT2D eigenvalue weighted by Crippen LogP contribution is 2.40. The Morgan fingerprint density at radius 1 is 1.30 bits per heavy atom. The summed E-state index contributed by atoms with van der Waals surface area (Å²) in [5, 5.41) is 4.68. The second-order valence-electron chi connectivity index (χ2n) is 5.58. The second kappa shape index (κ2) is 6.04. The number of nitrogens with one attached hydrogen (secondary N) is 1. The Morgan fingerprint density at radius 2 is 2.04 bits per heavy atom. The third-order valence-corrected chi connectivity index (χ3v) is 5.21. The van der Waals surface area contributed by atoms with Crippen LogP contribution < -0.4 is 10.2 Å². The SMILES string of the molecule is CNC(=O)CN1c2ccccc2C(=O)N(C)[C@H]1c1sccc1C. The molecule has 1 aliphatic rings. The number of amides is 2. The Labute approximate surface area is 139 Å². The minimum Gasteiger partial charge on any atom is -0.358 e. The number of anilines is 1. The van der Waals surface area contributed by atoms with Gasteiger partial charge < -0.3 is 15.1 Å². The fourth-order valence-corrected chi connectivity index (χ4v) is 4.00. The number of nitrogens with zero attached hydrogens (tertiary/aromatic N) is 2. The molecule has 2 heterocycles. The van der Waals surface area contributed by atoms with E-state index in [-0.39, 0.29) is 24.5 Å². The molecule has 2 amide bonds. The number of carbonyl (C=O) groups excluding carboxylic acids is 2. The van der Waals surface area contributed by atoms with E-state index in [1.165, 1.54) is 0 Å². The number of rotatable bonds is 3. The zero-order chi connectivity index (χ0) is 16.6. The summed E-state index contributed by atoms with van der Waals surface area (Å²) in [7, 11) is 3.41. The van der Waals surface area contributed by atoms with Crippen molar-refractivity contribution in [3.05, 3.63) is 51.7 Å². The predicted molar refractivity (Wildman–Crippen MR) is 91.7 cm³/mol. The van der Waals surface area contributed by atoms with Gasteiger partial charge in [-0.2, -0.15) is 0 Å². The van der Waals surface area contributed by atoms with E-state index in [9.17, 15) is 9.59 Å². The summed E-state index contributed by atoms with van der Waals surface area (Å²) >= 11 is 1.61. The average molecular weight is 329 g/mol. The lowest BCUT2D eigenvalue weighted by molar-refractivity contribution is -0.119. The van der Waals surface area contributed by atoms with Crippen LogP contribution in [0, 0.1) is 6.92 Å². The minimum atomic E-state index is -0.269. The van der Waals surface area contributed by atoms with Crippen molar-refractivity contribution in [2.75, 3.05) is 25.5 Å². The molecule has 0 spiro atoms. The number of fused-ring (bicyclic) bond motifs is 1. The summed E-state index contributed by atoms with van der Waals surface area (Å²) in [6.45, 7) is 2.23. The molecule has 3 rings (SSSR count). The van der Waals surface area contributed by atoms with Crippen molar-refractivity contribution in [1.29, 1.82) is 0 Å². The monoisotopic (exact) mass is 329 g/mol. The van der Waals surface area contributed by atoms with Crippen LogP contribution in [0.4, 0.5) is 5.69 Å². The Balaban J connectivity index is 2.14. The average Bonchev–Trinajstić information content (AvgIpc) is 2.98. The first kappa shape index (κ1) is 15.6. The fraction of sp³-hybridized carbons (Fsp3) is 0.294. The normalized spacial score (nSPS) is 17.2. The fourth-order valence-electron chi connectivity index (χ4n) is 2.92. The van der Waals surface area contributed by atoms with Crippen LogP contribution in [0.2, 0.25) is 0 Å². The van der Waals surface area contributed by atoms with Crippen molar-refractivity contribution < 1.29 is 9.59 Å². The highest BCUT2D eigenvalue weighted by Gasteiger charge is 2.38. The van der Waals surface area contributed by atoms with E-state index in [0.717, 1.165) is 16.1 Å². The molecule has 0 aliphatic carbocycles. The van der Waals surface area contributed by atoms with Crippen LogP contribution in [0.3, 0.4) is 0 Å². The molecule has 1 atom stereocenters. The Kier molecular flexibility index (Phi) is 4.09. The maximum absolute atomic E-state index is 12.7. The molecule has 2 aromatic rings. The van der Waals surface area contributed by atoms with Crippen molar-refractivity contribution >= 4 is 28.8 Å². The van der Waals surface area contributed by atoms with Gasteiger partial charge in [-0.05, 0) is 36.1 Å². The third-order valence-electron chi connectivity index (χ3n) is 4.16. The topological polar surface area (TPSA) is 52.7 Å². The van der Waals surface area contributed by atoms with E-state index < -0.39 is 0 Å². The number of carbonyl (C=O) groups is 2. The van der Waals surface area contributed by atoms with Crippen molar-refractivity contribution in [2.24, 2.45) is 0 Å². The molecule has 6 heteroatoms. The molecule has 1 aromatic heterocycles. The summed E-state index contributed by atoms with van der Waals surface area (Å²) in [5.41, 5.74) is 2.56. The molecule has 120 valence electrons. The van der Waals surface area contributed by atoms with Crippen molar-refractivity contribution in [3.63, 3.8) is 0 Å². The van der Waals surface area contributed by atoms with Crippen LogP contribution in [0.25, 0.3) is 0 Å². The maximum atomic E-state index is 12.7. The quantitative estimate of drug-likeness (QED) is 0.941. The molecule has 1 aromatic carbocycles. The van der Waals surface area contributed by atoms with Gasteiger partial charge in [-0.3, -0.25) is 9.59 Å². The van der Waals surface area contributed by atoms with Gasteiger partial charge in [0.15, 0.2) is 0 Å². The number of para-hydroxylation sites is 1. The van der Waals surface area contributed by atoms with Gasteiger partial charge >= 0.3 is 0 Å². The molecule has 23 heavy (non-hydrogen) atoms. The molecule has 0 saturated heterocycles. The van der Waals surface area contributed by atoms with Gasteiger partial charge in [0.05, 0.1) is 22.7 Å². The van der Waals surface area contributed by atoms with Gasteiger partial charge in [0.25, 0.3) is 5.91 Å². The van der Waals surface area contributed by atoms with Gasteiger partial charge in [-0.15, -0.1) is 11.3 Å². The lowest BCUT2D eigenvalue weighted by atomic mass is 10.0. The van der Waals surface area contributed by atoms with Crippen molar-refractivity contribution in [2.45, 2.75) is 13.1 Å². The third kappa shape index (κ3) is 2.59. The van der Waals surface area contributed by atoms with Crippen LogP contribution in [-0.4, -0.2) is 37.4 Å². The number of benzene rings is 1. The van der Waals surface area contributed by atoms with Crippen LogP contribution >= 0.6 is 11.3 Å². The molecule has 0 bridgehead atoms. The highest BCUT2D eigenvalue weighted by atomic mass is 32.1. The van der Waals surface area contributed by atoms with E-state index in [1.54, 1.807) is 30.3 Å². The molecule has 0 saturated carbocycles. The molecule has 1 N–H and O–H groups in total. The van der Waals surface area contributed by atoms with E-state index in [4.69, 9.17) is 0 Å². The number of likely N-dealkylation sites (N-methyl/N-ethyl adjacent to an activating group) is 1. The van der Waals surface area contributed by atoms with Crippen molar-refractivity contribution in [3.8, 4) is 0 Å². The zero-order valence-electron chi connectivity index (χ0n) is 13.4. The summed E-state index contributed by atoms with van der Waals surface area (Å²) in [6.07, 6.45) is -0.269. The lowest BCUT2D eigenvalue weighted by Crippen LogP contribution is -2.50. The van der Waals surface area contributed by atoms with E-state index in [0.29, 0.717) is 5.56 Å². The minimum absolute atomic E-state index is 0.0217. The Hall–Kier alpha value is -2.34. The summed E-state index contributed by atoms with van der Waals surface area (Å²) in [6, 6.07) is 9.49. The largest absolute Gasteiger partial charge is 0.358 e. The van der Waals surface area contributed by atoms with E-state index in [2.05, 4.69) is 5.32 Å². The van der Waals surface area contributed by atoms with Crippen LogP contribution in [0.1, 0.15) is 27.0 Å². The highest BCUT2D eigenvalue weighted by molar-refractivity contribution is 7.10. The maximum Gasteiger partial charge on any atom is 0.257 e. The summed E-state index contributed by atoms with van der Waals surface area (Å²) in [5.74, 6) is -0.103. The first-order valence-corrected chi connectivity index (χ1v) is 8.30. The number of hydrogen-bond donors (Lipinski definition) is 1. The van der Waals surface area contributed by atoms with E-state index in [1.807, 2.05) is 47.5 Å². The van der Waals surface area contributed by atoms with Crippen molar-refractivity contribution in [1.82, 2.24) is 10.2 Å². The molecule has 0 fully saturated rings. The van der Waals surface area contributed by atoms with Gasteiger partial charge in [-0.1, -0.05) is 12.1 Å². The first-order chi connectivity index (χ1) is 11.0. The van der Waals surface area contributed by atoms with E-state index >= 15 is 0 Å². The van der Waals surface area contributed by atoms with Crippen LogP contribution in [0.15, 0.2) is 35.7 Å². The number of aryl methyl sites for hydroxylation is 1. The number of thiophene rings is 1. The molecule has 0 radical (unpaired) electrons. The lowest BCUT2D eigenvalue weighted by Gasteiger charge is -2.43. The smallest absolute Gasteiger partial charge is 0.257 e. The second-order valence-corrected chi connectivity index (χ2v) is 6.52. The number of hydrogen-bond acceptors (Lipinski definition) is 4. The van der Waals surface area contributed by atoms with Gasteiger partial charge in [0, 0.05) is 14.1 Å².